The van der Waals surface area contributed by atoms with Gasteiger partial charge in [-0.05, 0) is 16.7 Å². The van der Waals surface area contributed by atoms with Gasteiger partial charge in [0.2, 0.25) is 0 Å². The summed E-state index contributed by atoms with van der Waals surface area (Å²) in [5.41, 5.74) is 0. The molecule has 0 aromatic heterocycles. The normalized spacial score (nSPS) is 12.4. The maximum absolute atomic E-state index is 10.1. The van der Waals surface area contributed by atoms with Crippen molar-refractivity contribution in [3.05, 3.63) is 0 Å². The summed E-state index contributed by atoms with van der Waals surface area (Å²) < 4.78 is 28.3. The third kappa shape index (κ3) is 8.26. The van der Waals surface area contributed by atoms with Gasteiger partial charge in [-0.15, -0.1) is 0 Å². The van der Waals surface area contributed by atoms with Crippen molar-refractivity contribution in [3.8, 4) is 0 Å². The van der Waals surface area contributed by atoms with Gasteiger partial charge < -0.3 is 0 Å². The van der Waals surface area contributed by atoms with E-state index in [9.17, 15) is 8.42 Å². The van der Waals surface area contributed by atoms with Gasteiger partial charge in [0.1, 0.15) is 0 Å². The van der Waals surface area contributed by atoms with Crippen LogP contribution in [0.5, 0.6) is 0 Å². The number of hydrogen-bond acceptors (Lipinski definition) is 3. The molecule has 0 radical (unpaired) electrons. The molecular weight excluding hydrogens is 160 g/mol. The Kier molecular flexibility index (Phi) is 3.53. The van der Waals surface area contributed by atoms with Crippen molar-refractivity contribution in [2.24, 2.45) is 5.92 Å². The molecule has 0 saturated carbocycles. The van der Waals surface area contributed by atoms with Gasteiger partial charge >= 0.3 is 9.15 Å². The number of rotatable bonds is 3. The second kappa shape index (κ2) is 3.43. The summed E-state index contributed by atoms with van der Waals surface area (Å²) in [6.45, 7) is 3.77. The van der Waals surface area contributed by atoms with Crippen molar-refractivity contribution in [1.82, 2.24) is 0 Å². The highest BCUT2D eigenvalue weighted by molar-refractivity contribution is 8.69. The Balaban J connectivity index is 3.53. The Morgan fingerprint density at radius 2 is 2.00 bits per heavy atom. The first-order valence-electron chi connectivity index (χ1n) is 2.53. The molecule has 0 amide bonds. The van der Waals surface area contributed by atoms with Crippen molar-refractivity contribution in [2.45, 2.75) is 13.8 Å². The zero-order valence-electron chi connectivity index (χ0n) is 5.36. The van der Waals surface area contributed by atoms with Crippen LogP contribution in [-0.2, 0) is 9.15 Å². The zero-order valence-corrected chi connectivity index (χ0v) is 7.00. The van der Waals surface area contributed by atoms with E-state index < -0.39 is 9.15 Å². The van der Waals surface area contributed by atoms with Crippen LogP contribution in [0.4, 0.5) is 0 Å². The molecule has 0 fully saturated rings. The molecule has 1 N–H and O–H groups in total. The van der Waals surface area contributed by atoms with Crippen molar-refractivity contribution in [1.29, 1.82) is 0 Å². The smallest absolute Gasteiger partial charge is 0.277 e. The van der Waals surface area contributed by atoms with Gasteiger partial charge in [0.15, 0.2) is 0 Å². The second-order valence-corrected chi connectivity index (χ2v) is 5.50. The van der Waals surface area contributed by atoms with Crippen LogP contribution in [0.15, 0.2) is 0 Å². The van der Waals surface area contributed by atoms with Crippen LogP contribution in [0.1, 0.15) is 13.8 Å². The second-order valence-electron chi connectivity index (χ2n) is 2.11. The SMILES string of the molecule is CC(C)CSS(=O)(=O)O. The molecule has 0 aliphatic carbocycles. The van der Waals surface area contributed by atoms with Crippen LogP contribution >= 0.6 is 10.8 Å². The highest BCUT2D eigenvalue weighted by Gasteiger charge is 2.05. The quantitative estimate of drug-likeness (QED) is 0.510. The van der Waals surface area contributed by atoms with Crippen LogP contribution in [0, 0.1) is 5.92 Å². The Hall–Kier alpha value is 0.260. The van der Waals surface area contributed by atoms with Crippen molar-refractivity contribution in [2.75, 3.05) is 5.75 Å². The Morgan fingerprint density at radius 1 is 1.56 bits per heavy atom. The molecule has 0 bridgehead atoms. The molecule has 0 aliphatic rings. The minimum atomic E-state index is -3.80. The Morgan fingerprint density at radius 3 is 2.11 bits per heavy atom. The van der Waals surface area contributed by atoms with Gasteiger partial charge in [-0.25, -0.2) is 0 Å². The summed E-state index contributed by atoms with van der Waals surface area (Å²) in [5.74, 6) is 0.732. The molecule has 0 aromatic rings. The van der Waals surface area contributed by atoms with Crippen LogP contribution in [0.3, 0.4) is 0 Å². The lowest BCUT2D eigenvalue weighted by Crippen LogP contribution is -1.96. The summed E-state index contributed by atoms with van der Waals surface area (Å²) in [7, 11) is -3.23. The molecule has 9 heavy (non-hydrogen) atoms. The van der Waals surface area contributed by atoms with Crippen molar-refractivity contribution in [3.63, 3.8) is 0 Å². The monoisotopic (exact) mass is 170 g/mol. The lowest BCUT2D eigenvalue weighted by molar-refractivity contribution is 0.502. The van der Waals surface area contributed by atoms with Crippen molar-refractivity contribution < 1.29 is 13.0 Å². The standard InChI is InChI=1S/C4H10O3S2/c1-4(2)3-8-9(5,6)7/h4H,3H2,1-2H3,(H,5,6,7). The molecule has 0 atom stereocenters. The molecular formula is C4H10O3S2. The lowest BCUT2D eigenvalue weighted by Gasteiger charge is -1.98. The topological polar surface area (TPSA) is 54.4 Å². The van der Waals surface area contributed by atoms with Gasteiger partial charge in [-0.3, -0.25) is 4.55 Å². The maximum atomic E-state index is 10.1. The van der Waals surface area contributed by atoms with Gasteiger partial charge in [0, 0.05) is 5.75 Å². The molecule has 56 valence electrons. The average Bonchev–Trinajstić information content (AvgIpc) is 1.59. The molecule has 0 aromatic carbocycles. The fourth-order valence-electron chi connectivity index (χ4n) is 0.222. The van der Waals surface area contributed by atoms with Crippen LogP contribution in [0.2, 0.25) is 0 Å². The fraction of sp³-hybridized carbons (Fsp3) is 1.00. The fourth-order valence-corrected chi connectivity index (χ4v) is 2.00. The highest BCUT2D eigenvalue weighted by Crippen LogP contribution is 2.12. The van der Waals surface area contributed by atoms with E-state index in [0.29, 0.717) is 16.5 Å². The molecule has 0 aliphatic heterocycles. The van der Waals surface area contributed by atoms with Crippen molar-refractivity contribution >= 4 is 19.9 Å². The van der Waals surface area contributed by atoms with E-state index in [4.69, 9.17) is 4.55 Å². The van der Waals surface area contributed by atoms with Crippen LogP contribution in [0.25, 0.3) is 0 Å². The molecule has 0 rings (SSSR count). The van der Waals surface area contributed by atoms with E-state index in [-0.39, 0.29) is 5.92 Å². The predicted octanol–water partition coefficient (Wildman–Crippen LogP) is 1.18. The third-order valence-corrected chi connectivity index (χ3v) is 2.95. The highest BCUT2D eigenvalue weighted by atomic mass is 33.1. The van der Waals surface area contributed by atoms with E-state index in [0.717, 1.165) is 0 Å². The summed E-state index contributed by atoms with van der Waals surface area (Å²) in [6, 6.07) is 0. The molecule has 0 saturated heterocycles. The Bertz CT molecular complexity index is 159. The van der Waals surface area contributed by atoms with Gasteiger partial charge in [-0.1, -0.05) is 13.8 Å². The van der Waals surface area contributed by atoms with Crippen LogP contribution < -0.4 is 0 Å². The summed E-state index contributed by atoms with van der Waals surface area (Å²) in [4.78, 5) is 0. The predicted molar refractivity (Wildman–Crippen MR) is 38.8 cm³/mol. The molecule has 0 heterocycles. The third-order valence-electron chi connectivity index (χ3n) is 0.550. The van der Waals surface area contributed by atoms with E-state index in [1.165, 1.54) is 0 Å². The van der Waals surface area contributed by atoms with Crippen LogP contribution in [-0.4, -0.2) is 18.7 Å². The number of hydrogen-bond donors (Lipinski definition) is 1. The minimum absolute atomic E-state index is 0.289. The Labute approximate surface area is 59.0 Å². The first kappa shape index (κ1) is 9.26. The minimum Gasteiger partial charge on any atom is -0.277 e. The summed E-state index contributed by atoms with van der Waals surface area (Å²) in [6.07, 6.45) is 0. The molecule has 3 nitrogen and oxygen atoms in total. The summed E-state index contributed by atoms with van der Waals surface area (Å²) in [5, 5.41) is 0. The maximum Gasteiger partial charge on any atom is 0.319 e. The van der Waals surface area contributed by atoms with E-state index in [2.05, 4.69) is 0 Å². The first-order valence-corrected chi connectivity index (χ1v) is 5.48. The molecule has 0 unspecified atom stereocenters. The van der Waals surface area contributed by atoms with Gasteiger partial charge in [-0.2, -0.15) is 8.42 Å². The van der Waals surface area contributed by atoms with E-state index in [1.807, 2.05) is 13.8 Å². The molecule has 0 spiro atoms. The zero-order chi connectivity index (χ0) is 7.49. The van der Waals surface area contributed by atoms with Gasteiger partial charge in [0.05, 0.1) is 0 Å². The first-order chi connectivity index (χ1) is 3.92. The summed E-state index contributed by atoms with van der Waals surface area (Å²) >= 11 is 0. The largest absolute Gasteiger partial charge is 0.319 e. The molecule has 5 heteroatoms. The average molecular weight is 170 g/mol. The van der Waals surface area contributed by atoms with E-state index in [1.54, 1.807) is 0 Å². The van der Waals surface area contributed by atoms with E-state index >= 15 is 0 Å². The van der Waals surface area contributed by atoms with Gasteiger partial charge in [0.25, 0.3) is 0 Å². The lowest BCUT2D eigenvalue weighted by atomic mass is 10.3.